The molecule has 0 bridgehead atoms. The predicted molar refractivity (Wildman–Crippen MR) is 58.9 cm³/mol. The van der Waals surface area contributed by atoms with Crippen molar-refractivity contribution in [2.45, 2.75) is 53.1 Å². The number of ether oxygens (including phenoxy) is 1. The predicted octanol–water partition coefficient (Wildman–Crippen LogP) is 3.79. The summed E-state index contributed by atoms with van der Waals surface area (Å²) in [5.41, 5.74) is 0.0156. The van der Waals surface area contributed by atoms with Crippen LogP contribution in [-0.2, 0) is 4.74 Å². The van der Waals surface area contributed by atoms with Crippen LogP contribution in [-0.4, -0.2) is 12.2 Å². The van der Waals surface area contributed by atoms with Crippen LogP contribution < -0.4 is 0 Å². The summed E-state index contributed by atoms with van der Waals surface area (Å²) in [6.07, 6.45) is 6.75. The average Bonchev–Trinajstić information content (AvgIpc) is 1.93. The van der Waals surface area contributed by atoms with E-state index in [4.69, 9.17) is 4.74 Å². The lowest BCUT2D eigenvalue weighted by molar-refractivity contribution is -0.00363. The van der Waals surface area contributed by atoms with Gasteiger partial charge in [0.05, 0.1) is 5.60 Å². The largest absolute Gasteiger partial charge is 0.376 e. The van der Waals surface area contributed by atoms with Gasteiger partial charge in [0.1, 0.15) is 0 Å². The molecule has 0 aromatic rings. The normalized spacial score (nSPS) is 13.1. The second kappa shape index (κ2) is 6.20. The molecule has 0 aliphatic carbocycles. The van der Waals surface area contributed by atoms with E-state index in [2.05, 4.69) is 46.8 Å². The first-order chi connectivity index (χ1) is 5.92. The Bertz CT molecular complexity index is 140. The molecule has 0 rings (SSSR count). The number of hydrogen-bond donors (Lipinski definition) is 0. The SMILES string of the molecule is CC(C)/C=C/CCCOC(C)(C)C. The molecule has 0 N–H and O–H groups in total. The molecule has 0 aliphatic heterocycles. The van der Waals surface area contributed by atoms with Gasteiger partial charge in [-0.05, 0) is 39.5 Å². The van der Waals surface area contributed by atoms with E-state index in [1.807, 2.05) is 0 Å². The molecule has 0 saturated heterocycles. The van der Waals surface area contributed by atoms with Crippen molar-refractivity contribution in [3.63, 3.8) is 0 Å². The maximum absolute atomic E-state index is 5.60. The first-order valence-electron chi connectivity index (χ1n) is 5.22. The highest BCUT2D eigenvalue weighted by Gasteiger charge is 2.08. The minimum Gasteiger partial charge on any atom is -0.376 e. The minimum absolute atomic E-state index is 0.0156. The quantitative estimate of drug-likeness (QED) is 0.466. The van der Waals surface area contributed by atoms with Gasteiger partial charge in [-0.1, -0.05) is 26.0 Å². The van der Waals surface area contributed by atoms with Gasteiger partial charge in [0.25, 0.3) is 0 Å². The third kappa shape index (κ3) is 11.7. The smallest absolute Gasteiger partial charge is 0.0598 e. The second-order valence-corrected chi connectivity index (χ2v) is 4.78. The summed E-state index contributed by atoms with van der Waals surface area (Å²) in [7, 11) is 0. The van der Waals surface area contributed by atoms with E-state index >= 15 is 0 Å². The molecule has 1 heteroatoms. The van der Waals surface area contributed by atoms with Gasteiger partial charge < -0.3 is 4.74 Å². The van der Waals surface area contributed by atoms with E-state index in [0.29, 0.717) is 5.92 Å². The van der Waals surface area contributed by atoms with Crippen LogP contribution in [0.15, 0.2) is 12.2 Å². The van der Waals surface area contributed by atoms with Gasteiger partial charge in [-0.3, -0.25) is 0 Å². The summed E-state index contributed by atoms with van der Waals surface area (Å²) in [5, 5.41) is 0. The lowest BCUT2D eigenvalue weighted by atomic mass is 10.1. The van der Waals surface area contributed by atoms with Crippen LogP contribution in [0.2, 0.25) is 0 Å². The van der Waals surface area contributed by atoms with Crippen molar-refractivity contribution in [2.24, 2.45) is 5.92 Å². The van der Waals surface area contributed by atoms with Gasteiger partial charge >= 0.3 is 0 Å². The molecule has 0 fully saturated rings. The molecule has 0 heterocycles. The van der Waals surface area contributed by atoms with Crippen LogP contribution in [0.1, 0.15) is 47.5 Å². The first kappa shape index (κ1) is 12.7. The maximum Gasteiger partial charge on any atom is 0.0598 e. The molecule has 0 radical (unpaired) electrons. The van der Waals surface area contributed by atoms with E-state index in [-0.39, 0.29) is 5.60 Å². The molecule has 0 saturated carbocycles. The fourth-order valence-electron chi connectivity index (χ4n) is 0.948. The molecule has 0 amide bonds. The van der Waals surface area contributed by atoms with Crippen LogP contribution in [0.5, 0.6) is 0 Å². The second-order valence-electron chi connectivity index (χ2n) is 4.78. The number of hydrogen-bond acceptors (Lipinski definition) is 1. The zero-order valence-corrected chi connectivity index (χ0v) is 9.76. The zero-order valence-electron chi connectivity index (χ0n) is 9.76. The molecule has 0 aromatic carbocycles. The van der Waals surface area contributed by atoms with Crippen LogP contribution in [0, 0.1) is 5.92 Å². The van der Waals surface area contributed by atoms with Crippen LogP contribution in [0.4, 0.5) is 0 Å². The third-order valence-electron chi connectivity index (χ3n) is 1.57. The van der Waals surface area contributed by atoms with Crippen LogP contribution in [0.3, 0.4) is 0 Å². The van der Waals surface area contributed by atoms with E-state index in [1.165, 1.54) is 0 Å². The lowest BCUT2D eigenvalue weighted by Crippen LogP contribution is -2.19. The van der Waals surface area contributed by atoms with Crippen molar-refractivity contribution in [3.05, 3.63) is 12.2 Å². The highest BCUT2D eigenvalue weighted by molar-refractivity contribution is 4.84. The fourth-order valence-corrected chi connectivity index (χ4v) is 0.948. The van der Waals surface area contributed by atoms with Crippen molar-refractivity contribution in [1.29, 1.82) is 0 Å². The van der Waals surface area contributed by atoms with Crippen molar-refractivity contribution < 1.29 is 4.74 Å². The standard InChI is InChI=1S/C12H24O/c1-11(2)9-7-6-8-10-13-12(3,4)5/h7,9,11H,6,8,10H2,1-5H3/b9-7+. The molecule has 1 nitrogen and oxygen atoms in total. The summed E-state index contributed by atoms with van der Waals surface area (Å²) in [6, 6.07) is 0. The van der Waals surface area contributed by atoms with Crippen LogP contribution in [0.25, 0.3) is 0 Å². The van der Waals surface area contributed by atoms with Crippen molar-refractivity contribution in [1.82, 2.24) is 0 Å². The van der Waals surface area contributed by atoms with Crippen molar-refractivity contribution in [3.8, 4) is 0 Å². The van der Waals surface area contributed by atoms with Crippen molar-refractivity contribution in [2.75, 3.05) is 6.61 Å². The molecule has 0 aliphatic rings. The summed E-state index contributed by atoms with van der Waals surface area (Å²) < 4.78 is 5.60. The Morgan fingerprint density at radius 3 is 2.31 bits per heavy atom. The van der Waals surface area contributed by atoms with Gasteiger partial charge in [0.2, 0.25) is 0 Å². The van der Waals surface area contributed by atoms with Gasteiger partial charge in [-0.15, -0.1) is 0 Å². The Labute approximate surface area is 83.2 Å². The maximum atomic E-state index is 5.60. The summed E-state index contributed by atoms with van der Waals surface area (Å²) in [4.78, 5) is 0. The topological polar surface area (TPSA) is 9.23 Å². The van der Waals surface area contributed by atoms with Gasteiger partial charge in [0, 0.05) is 6.61 Å². The summed E-state index contributed by atoms with van der Waals surface area (Å²) >= 11 is 0. The monoisotopic (exact) mass is 184 g/mol. The van der Waals surface area contributed by atoms with Gasteiger partial charge in [0.15, 0.2) is 0 Å². The molecule has 78 valence electrons. The van der Waals surface area contributed by atoms with E-state index in [0.717, 1.165) is 19.4 Å². The molecule has 0 spiro atoms. The average molecular weight is 184 g/mol. The fraction of sp³-hybridized carbons (Fsp3) is 0.833. The van der Waals surface area contributed by atoms with Crippen LogP contribution >= 0.6 is 0 Å². The Hall–Kier alpha value is -0.300. The van der Waals surface area contributed by atoms with Gasteiger partial charge in [-0.2, -0.15) is 0 Å². The molecule has 0 aromatic heterocycles. The first-order valence-corrected chi connectivity index (χ1v) is 5.22. The van der Waals surface area contributed by atoms with E-state index in [1.54, 1.807) is 0 Å². The molecule has 0 atom stereocenters. The van der Waals surface area contributed by atoms with E-state index in [9.17, 15) is 0 Å². The summed E-state index contributed by atoms with van der Waals surface area (Å²) in [5.74, 6) is 0.670. The third-order valence-corrected chi connectivity index (χ3v) is 1.57. The molecular formula is C12H24O. The molecule has 0 unspecified atom stereocenters. The molecule has 13 heavy (non-hydrogen) atoms. The minimum atomic E-state index is 0.0156. The highest BCUT2D eigenvalue weighted by atomic mass is 16.5. The number of allylic oxidation sites excluding steroid dienone is 2. The number of rotatable bonds is 5. The van der Waals surface area contributed by atoms with E-state index < -0.39 is 0 Å². The van der Waals surface area contributed by atoms with Gasteiger partial charge in [-0.25, -0.2) is 0 Å². The zero-order chi connectivity index (χ0) is 10.3. The summed E-state index contributed by atoms with van der Waals surface area (Å²) in [6.45, 7) is 11.5. The number of unbranched alkanes of at least 4 members (excludes halogenated alkanes) is 1. The molecular weight excluding hydrogens is 160 g/mol. The Balaban J connectivity index is 3.27. The lowest BCUT2D eigenvalue weighted by Gasteiger charge is -2.18. The van der Waals surface area contributed by atoms with Crippen molar-refractivity contribution >= 4 is 0 Å². The Morgan fingerprint density at radius 1 is 1.23 bits per heavy atom. The Kier molecular flexibility index (Phi) is 6.06. The highest BCUT2D eigenvalue weighted by Crippen LogP contribution is 2.08. The Morgan fingerprint density at radius 2 is 1.85 bits per heavy atom.